The van der Waals surface area contributed by atoms with Crippen molar-refractivity contribution in [1.29, 1.82) is 0 Å². The molecule has 34 heavy (non-hydrogen) atoms. The molecule has 0 N–H and O–H groups in total. The molecule has 4 nitrogen and oxygen atoms in total. The number of ether oxygens (including phenoxy) is 1. The molecule has 0 aromatic heterocycles. The second-order valence-corrected chi connectivity index (χ2v) is 12.0. The predicted octanol–water partition coefficient (Wildman–Crippen LogP) is 6.55. The van der Waals surface area contributed by atoms with Crippen LogP contribution in [0.25, 0.3) is 0 Å². The number of carbonyl (C=O) groups excluding carboxylic acids is 2. The number of hydrogen-bond donors (Lipinski definition) is 0. The zero-order chi connectivity index (χ0) is 24.1. The highest BCUT2D eigenvalue weighted by Crippen LogP contribution is 2.66. The van der Waals surface area contributed by atoms with Crippen molar-refractivity contribution in [3.05, 3.63) is 42.0 Å². The van der Waals surface area contributed by atoms with Gasteiger partial charge in [-0.05, 0) is 91.6 Å². The number of amides is 1. The quantitative estimate of drug-likeness (QED) is 0.376. The lowest BCUT2D eigenvalue weighted by Gasteiger charge is -2.58. The lowest BCUT2D eigenvalue weighted by Crippen LogP contribution is -2.50. The molecule has 0 spiro atoms. The average Bonchev–Trinajstić information content (AvgIpc) is 3.15. The number of anilines is 1. The first-order chi connectivity index (χ1) is 16.2. The van der Waals surface area contributed by atoms with E-state index in [-0.39, 0.29) is 28.8 Å². The first-order valence-electron chi connectivity index (χ1n) is 13.4. The zero-order valence-corrected chi connectivity index (χ0v) is 21.4. The maximum atomic E-state index is 13.2. The van der Waals surface area contributed by atoms with Crippen molar-refractivity contribution >= 4 is 17.6 Å². The van der Waals surface area contributed by atoms with Gasteiger partial charge in [-0.3, -0.25) is 9.59 Å². The van der Waals surface area contributed by atoms with Gasteiger partial charge in [0.25, 0.3) is 0 Å². The number of fused-ring (bicyclic) bond motifs is 5. The van der Waals surface area contributed by atoms with Gasteiger partial charge in [-0.2, -0.15) is 0 Å². The van der Waals surface area contributed by atoms with Crippen LogP contribution in [0.4, 0.5) is 5.69 Å². The molecule has 0 bridgehead atoms. The van der Waals surface area contributed by atoms with Gasteiger partial charge in [0.05, 0.1) is 0 Å². The van der Waals surface area contributed by atoms with Gasteiger partial charge < -0.3 is 9.64 Å². The summed E-state index contributed by atoms with van der Waals surface area (Å²) in [5.74, 6) is 2.75. The Morgan fingerprint density at radius 1 is 1.03 bits per heavy atom. The molecule has 184 valence electrons. The number of hydrogen-bond acceptors (Lipinski definition) is 3. The molecule has 0 heterocycles. The Balaban J connectivity index is 1.30. The third kappa shape index (κ3) is 3.91. The summed E-state index contributed by atoms with van der Waals surface area (Å²) < 4.78 is 5.59. The summed E-state index contributed by atoms with van der Waals surface area (Å²) in [6.45, 7) is 6.52. The molecule has 4 aliphatic rings. The Bertz CT molecular complexity index is 971. The summed E-state index contributed by atoms with van der Waals surface area (Å²) >= 11 is 0. The summed E-state index contributed by atoms with van der Waals surface area (Å²) in [4.78, 5) is 26.6. The van der Waals surface area contributed by atoms with Crippen LogP contribution in [0.1, 0.15) is 78.6 Å². The van der Waals surface area contributed by atoms with Gasteiger partial charge in [-0.15, -0.1) is 0 Å². The van der Waals surface area contributed by atoms with Crippen LogP contribution in [0.3, 0.4) is 0 Å². The van der Waals surface area contributed by atoms with Gasteiger partial charge in [0.15, 0.2) is 0 Å². The fraction of sp³-hybridized carbons (Fsp3) is 0.667. The Hall–Kier alpha value is -2.10. The standard InChI is InChI=1S/C30H41NO3/c1-20(32)34-24-14-16-29(2)21(18-24)10-12-25-26-13-11-22(30(26,3)17-15-27(25)29)19-28(33)31(4)23-8-6-5-7-9-23/h5-10,22,24-27H,11-19H2,1-4H3. The van der Waals surface area contributed by atoms with Crippen molar-refractivity contribution in [3.63, 3.8) is 0 Å². The van der Waals surface area contributed by atoms with Crippen LogP contribution in [0.2, 0.25) is 0 Å². The topological polar surface area (TPSA) is 46.6 Å². The minimum atomic E-state index is -0.152. The maximum Gasteiger partial charge on any atom is 0.302 e. The third-order valence-electron chi connectivity index (χ3n) is 10.5. The van der Waals surface area contributed by atoms with Gasteiger partial charge in [0, 0.05) is 32.5 Å². The molecular formula is C30H41NO3. The van der Waals surface area contributed by atoms with E-state index in [2.05, 4.69) is 19.9 Å². The van der Waals surface area contributed by atoms with Crippen molar-refractivity contribution in [2.45, 2.75) is 84.7 Å². The van der Waals surface area contributed by atoms with Crippen molar-refractivity contribution in [2.24, 2.45) is 34.5 Å². The predicted molar refractivity (Wildman–Crippen MR) is 135 cm³/mol. The van der Waals surface area contributed by atoms with Gasteiger partial charge in [-0.1, -0.05) is 43.7 Å². The largest absolute Gasteiger partial charge is 0.462 e. The molecule has 0 saturated heterocycles. The number of rotatable bonds is 4. The van der Waals surface area contributed by atoms with Crippen molar-refractivity contribution in [2.75, 3.05) is 11.9 Å². The summed E-state index contributed by atoms with van der Waals surface area (Å²) in [6, 6.07) is 10.0. The second-order valence-electron chi connectivity index (χ2n) is 12.0. The molecule has 1 aromatic rings. The monoisotopic (exact) mass is 463 g/mol. The maximum absolute atomic E-state index is 13.2. The molecule has 7 atom stereocenters. The Kier molecular flexibility index (Phi) is 6.14. The first kappa shape index (κ1) is 23.6. The van der Waals surface area contributed by atoms with Crippen molar-refractivity contribution in [3.8, 4) is 0 Å². The highest BCUT2D eigenvalue weighted by atomic mass is 16.5. The normalized spacial score (nSPS) is 38.7. The number of carbonyl (C=O) groups is 2. The third-order valence-corrected chi connectivity index (χ3v) is 10.5. The fourth-order valence-corrected chi connectivity index (χ4v) is 8.55. The minimum absolute atomic E-state index is 0.0608. The molecule has 4 heteroatoms. The fourth-order valence-electron chi connectivity index (χ4n) is 8.55. The van der Waals surface area contributed by atoms with Gasteiger partial charge in [0.1, 0.15) is 6.10 Å². The molecule has 4 aliphatic carbocycles. The van der Waals surface area contributed by atoms with Gasteiger partial charge in [-0.25, -0.2) is 0 Å². The van der Waals surface area contributed by atoms with E-state index in [1.807, 2.05) is 42.3 Å². The summed E-state index contributed by atoms with van der Waals surface area (Å²) in [5.41, 5.74) is 3.05. The van der Waals surface area contributed by atoms with Crippen molar-refractivity contribution < 1.29 is 14.3 Å². The lowest BCUT2D eigenvalue weighted by molar-refractivity contribution is -0.148. The molecule has 1 amide bonds. The van der Waals surface area contributed by atoms with Crippen LogP contribution in [-0.2, 0) is 14.3 Å². The summed E-state index contributed by atoms with van der Waals surface area (Å²) in [6.07, 6.45) is 12.4. The van der Waals surface area contributed by atoms with Crippen molar-refractivity contribution in [1.82, 2.24) is 0 Å². The Morgan fingerprint density at radius 3 is 2.53 bits per heavy atom. The van der Waals surface area contributed by atoms with Crippen LogP contribution in [0.5, 0.6) is 0 Å². The highest BCUT2D eigenvalue weighted by Gasteiger charge is 2.58. The van der Waals surface area contributed by atoms with Crippen LogP contribution >= 0.6 is 0 Å². The van der Waals surface area contributed by atoms with Crippen LogP contribution in [0.15, 0.2) is 42.0 Å². The zero-order valence-electron chi connectivity index (χ0n) is 21.4. The smallest absolute Gasteiger partial charge is 0.302 e. The Morgan fingerprint density at radius 2 is 1.79 bits per heavy atom. The van der Waals surface area contributed by atoms with E-state index in [0.29, 0.717) is 18.3 Å². The first-order valence-corrected chi connectivity index (χ1v) is 13.4. The average molecular weight is 464 g/mol. The molecule has 7 unspecified atom stereocenters. The van der Waals surface area contributed by atoms with E-state index in [1.54, 1.807) is 5.57 Å². The highest BCUT2D eigenvalue weighted by molar-refractivity contribution is 5.92. The molecule has 3 saturated carbocycles. The van der Waals surface area contributed by atoms with Crippen LogP contribution in [-0.4, -0.2) is 25.0 Å². The van der Waals surface area contributed by atoms with Crippen LogP contribution in [0, 0.1) is 34.5 Å². The number of allylic oxidation sites excluding steroid dienone is 1. The van der Waals surface area contributed by atoms with E-state index >= 15 is 0 Å². The minimum Gasteiger partial charge on any atom is -0.462 e. The molecule has 5 rings (SSSR count). The van der Waals surface area contributed by atoms with Gasteiger partial charge in [0.2, 0.25) is 5.91 Å². The van der Waals surface area contributed by atoms with Crippen LogP contribution < -0.4 is 4.90 Å². The molecule has 3 fully saturated rings. The second kappa shape index (κ2) is 8.84. The van der Waals surface area contributed by atoms with E-state index in [9.17, 15) is 9.59 Å². The SMILES string of the molecule is CC(=O)OC1CCC2(C)C(=CCC3C2CCC2(C)C(CC(=O)N(C)c4ccccc4)CCC32)C1. The molecule has 1 aromatic carbocycles. The summed E-state index contributed by atoms with van der Waals surface area (Å²) in [7, 11) is 1.92. The van der Waals surface area contributed by atoms with E-state index in [4.69, 9.17) is 4.74 Å². The van der Waals surface area contributed by atoms with E-state index in [1.165, 1.54) is 32.6 Å². The van der Waals surface area contributed by atoms with E-state index in [0.717, 1.165) is 43.2 Å². The number of esters is 1. The van der Waals surface area contributed by atoms with E-state index < -0.39 is 0 Å². The number of para-hydroxylation sites is 1. The molecule has 0 aliphatic heterocycles. The van der Waals surface area contributed by atoms with Gasteiger partial charge >= 0.3 is 5.97 Å². The number of nitrogens with zero attached hydrogens (tertiary/aromatic N) is 1. The number of benzene rings is 1. The molecular weight excluding hydrogens is 422 g/mol. The Labute approximate surface area is 205 Å². The molecule has 0 radical (unpaired) electrons. The lowest BCUT2D eigenvalue weighted by atomic mass is 9.47. The summed E-state index contributed by atoms with van der Waals surface area (Å²) in [5, 5.41) is 0.